The first kappa shape index (κ1) is 11.8. The van der Waals surface area contributed by atoms with Gasteiger partial charge < -0.3 is 0 Å². The zero-order valence-electron chi connectivity index (χ0n) is 7.95. The number of piperidine rings is 1. The first-order valence-corrected chi connectivity index (χ1v) is 6.27. The van der Waals surface area contributed by atoms with Crippen molar-refractivity contribution in [1.82, 2.24) is 10.4 Å². The summed E-state index contributed by atoms with van der Waals surface area (Å²) in [6, 6.07) is 0. The molecule has 1 rings (SSSR count). The second kappa shape index (κ2) is 4.10. The SMILES string of the molecule is CP(=O)(F)NC(=O)C1CCC(=O)NC1=O. The van der Waals surface area contributed by atoms with Crippen molar-refractivity contribution in [1.29, 1.82) is 0 Å². The van der Waals surface area contributed by atoms with Crippen LogP contribution in [0.25, 0.3) is 0 Å². The molecule has 0 aromatic heterocycles. The summed E-state index contributed by atoms with van der Waals surface area (Å²) in [5.74, 6) is -3.35. The third-order valence-corrected chi connectivity index (χ3v) is 2.49. The molecule has 2 N–H and O–H groups in total. The molecule has 2 unspecified atom stereocenters. The number of amides is 3. The Kier molecular flexibility index (Phi) is 3.24. The summed E-state index contributed by atoms with van der Waals surface area (Å²) in [6.07, 6.45) is 0.0284. The fraction of sp³-hybridized carbons (Fsp3) is 0.571. The Bertz CT molecular complexity index is 364. The van der Waals surface area contributed by atoms with Crippen molar-refractivity contribution in [3.8, 4) is 0 Å². The van der Waals surface area contributed by atoms with E-state index in [4.69, 9.17) is 0 Å². The highest BCUT2D eigenvalue weighted by atomic mass is 31.2. The molecule has 1 aliphatic rings. The summed E-state index contributed by atoms with van der Waals surface area (Å²) in [7, 11) is -4.19. The largest absolute Gasteiger partial charge is 0.330 e. The van der Waals surface area contributed by atoms with E-state index in [1.807, 2.05) is 5.32 Å². The normalized spacial score (nSPS) is 25.3. The molecule has 0 aliphatic carbocycles. The average Bonchev–Trinajstić information content (AvgIpc) is 1.99. The Labute approximate surface area is 85.1 Å². The summed E-state index contributed by atoms with van der Waals surface area (Å²) < 4.78 is 23.3. The first-order valence-electron chi connectivity index (χ1n) is 4.22. The molecule has 3 amide bonds. The van der Waals surface area contributed by atoms with Crippen LogP contribution < -0.4 is 10.4 Å². The van der Waals surface area contributed by atoms with Gasteiger partial charge in [-0.3, -0.25) is 29.4 Å². The van der Waals surface area contributed by atoms with Gasteiger partial charge in [-0.1, -0.05) is 0 Å². The molecule has 0 aromatic rings. The Morgan fingerprint density at radius 3 is 2.67 bits per heavy atom. The van der Waals surface area contributed by atoms with E-state index in [0.717, 1.165) is 6.66 Å². The number of nitrogens with one attached hydrogen (secondary N) is 2. The predicted molar refractivity (Wildman–Crippen MR) is 48.7 cm³/mol. The summed E-state index contributed by atoms with van der Waals surface area (Å²) in [5, 5.41) is 3.56. The van der Waals surface area contributed by atoms with E-state index in [1.165, 1.54) is 0 Å². The lowest BCUT2D eigenvalue weighted by molar-refractivity contribution is -0.140. The summed E-state index contributed by atoms with van der Waals surface area (Å²) in [5.41, 5.74) is 0. The first-order chi connectivity index (χ1) is 6.79. The van der Waals surface area contributed by atoms with Crippen molar-refractivity contribution in [3.05, 3.63) is 0 Å². The third-order valence-electron chi connectivity index (χ3n) is 1.87. The summed E-state index contributed by atoms with van der Waals surface area (Å²) in [6.45, 7) is 0.733. The standard InChI is InChI=1S/C7H10FN2O4P/c1-15(8,14)10-7(13)4-2-3-5(11)9-6(4)12/h4H,2-3H2,1H3,(H,9,11,12)(H,10,13,14). The van der Waals surface area contributed by atoms with Crippen molar-refractivity contribution < 1.29 is 23.1 Å². The van der Waals surface area contributed by atoms with Crippen LogP contribution in [0.4, 0.5) is 4.20 Å². The van der Waals surface area contributed by atoms with Crippen LogP contribution in [0.3, 0.4) is 0 Å². The van der Waals surface area contributed by atoms with Gasteiger partial charge in [0.05, 0.1) is 0 Å². The lowest BCUT2D eigenvalue weighted by Crippen LogP contribution is -2.46. The van der Waals surface area contributed by atoms with E-state index in [9.17, 15) is 23.1 Å². The van der Waals surface area contributed by atoms with Crippen molar-refractivity contribution in [3.63, 3.8) is 0 Å². The van der Waals surface area contributed by atoms with E-state index < -0.39 is 31.2 Å². The Morgan fingerprint density at radius 1 is 1.60 bits per heavy atom. The second-order valence-electron chi connectivity index (χ2n) is 3.30. The van der Waals surface area contributed by atoms with Crippen LogP contribution >= 0.6 is 7.60 Å². The maximum Gasteiger partial charge on any atom is 0.330 e. The lowest BCUT2D eigenvalue weighted by Gasteiger charge is -2.20. The van der Waals surface area contributed by atoms with Crippen LogP contribution in [0, 0.1) is 5.92 Å². The van der Waals surface area contributed by atoms with Crippen molar-refractivity contribution in [2.75, 3.05) is 6.66 Å². The van der Waals surface area contributed by atoms with Crippen LogP contribution in [-0.4, -0.2) is 24.4 Å². The van der Waals surface area contributed by atoms with E-state index in [1.54, 1.807) is 5.09 Å². The molecule has 0 saturated carbocycles. The van der Waals surface area contributed by atoms with E-state index in [2.05, 4.69) is 0 Å². The summed E-state index contributed by atoms with van der Waals surface area (Å²) in [4.78, 5) is 33.1. The van der Waals surface area contributed by atoms with Gasteiger partial charge in [0.15, 0.2) is 0 Å². The number of hydrogen-bond acceptors (Lipinski definition) is 4. The molecule has 0 spiro atoms. The van der Waals surface area contributed by atoms with Crippen LogP contribution in [0.2, 0.25) is 0 Å². The molecule has 8 heteroatoms. The van der Waals surface area contributed by atoms with Gasteiger partial charge >= 0.3 is 7.60 Å². The molecule has 1 saturated heterocycles. The van der Waals surface area contributed by atoms with Gasteiger partial charge in [-0.2, -0.15) is 4.20 Å². The van der Waals surface area contributed by atoms with E-state index >= 15 is 0 Å². The smallest absolute Gasteiger partial charge is 0.296 e. The molecule has 0 aromatic carbocycles. The van der Waals surface area contributed by atoms with Gasteiger partial charge in [0.2, 0.25) is 17.7 Å². The van der Waals surface area contributed by atoms with Gasteiger partial charge in [-0.25, -0.2) is 0 Å². The third kappa shape index (κ3) is 3.43. The molecule has 15 heavy (non-hydrogen) atoms. The Balaban J connectivity index is 2.65. The molecule has 6 nitrogen and oxygen atoms in total. The van der Waals surface area contributed by atoms with Crippen molar-refractivity contribution in [2.24, 2.45) is 5.92 Å². The Morgan fingerprint density at radius 2 is 2.20 bits per heavy atom. The van der Waals surface area contributed by atoms with Crippen LogP contribution in [0.15, 0.2) is 0 Å². The monoisotopic (exact) mass is 236 g/mol. The van der Waals surface area contributed by atoms with Crippen molar-refractivity contribution in [2.45, 2.75) is 12.8 Å². The molecule has 2 atom stereocenters. The Hall–Kier alpha value is -1.23. The van der Waals surface area contributed by atoms with Gasteiger partial charge in [-0.15, -0.1) is 0 Å². The van der Waals surface area contributed by atoms with Crippen LogP contribution in [-0.2, 0) is 18.9 Å². The number of imide groups is 1. The maximum atomic E-state index is 12.6. The minimum absolute atomic E-state index is 0.0104. The maximum absolute atomic E-state index is 12.6. The number of hydrogen-bond donors (Lipinski definition) is 2. The predicted octanol–water partition coefficient (Wildman–Crippen LogP) is -0.0522. The highest BCUT2D eigenvalue weighted by Gasteiger charge is 2.34. The van der Waals surface area contributed by atoms with Gasteiger partial charge in [0.1, 0.15) is 5.92 Å². The number of halogens is 1. The van der Waals surface area contributed by atoms with Crippen LogP contribution in [0.1, 0.15) is 12.8 Å². The summed E-state index contributed by atoms with van der Waals surface area (Å²) >= 11 is 0. The molecule has 1 aliphatic heterocycles. The van der Waals surface area contributed by atoms with E-state index in [0.29, 0.717) is 0 Å². The van der Waals surface area contributed by atoms with Gasteiger partial charge in [0, 0.05) is 13.1 Å². The average molecular weight is 236 g/mol. The van der Waals surface area contributed by atoms with Gasteiger partial charge in [0.25, 0.3) is 0 Å². The van der Waals surface area contributed by atoms with E-state index in [-0.39, 0.29) is 12.8 Å². The number of carbonyl (C=O) groups is 3. The highest BCUT2D eigenvalue weighted by molar-refractivity contribution is 7.56. The fourth-order valence-electron chi connectivity index (χ4n) is 1.22. The minimum atomic E-state index is -4.19. The molecule has 1 heterocycles. The van der Waals surface area contributed by atoms with Crippen molar-refractivity contribution >= 4 is 25.3 Å². The molecule has 0 radical (unpaired) electrons. The lowest BCUT2D eigenvalue weighted by atomic mass is 9.98. The fourth-order valence-corrected chi connectivity index (χ4v) is 1.77. The molecular formula is C7H10FN2O4P. The zero-order chi connectivity index (χ0) is 11.6. The zero-order valence-corrected chi connectivity index (χ0v) is 8.84. The molecule has 0 bridgehead atoms. The second-order valence-corrected chi connectivity index (χ2v) is 5.16. The highest BCUT2D eigenvalue weighted by Crippen LogP contribution is 2.37. The number of carbonyl (C=O) groups excluding carboxylic acids is 3. The minimum Gasteiger partial charge on any atom is -0.296 e. The van der Waals surface area contributed by atoms with Gasteiger partial charge in [-0.05, 0) is 6.42 Å². The molecule has 84 valence electrons. The number of rotatable bonds is 2. The molecule has 1 fully saturated rings. The molecular weight excluding hydrogens is 226 g/mol. The van der Waals surface area contributed by atoms with Crippen LogP contribution in [0.5, 0.6) is 0 Å². The topological polar surface area (TPSA) is 92.3 Å². The quantitative estimate of drug-likeness (QED) is 0.399.